The van der Waals surface area contributed by atoms with Gasteiger partial charge in [-0.05, 0) is 12.1 Å². The molecule has 0 aliphatic carbocycles. The van der Waals surface area contributed by atoms with Crippen LogP contribution in [-0.4, -0.2) is 61.2 Å². The molecule has 1 aromatic carbocycles. The molecule has 1 aromatic heterocycles. The van der Waals surface area contributed by atoms with Gasteiger partial charge >= 0.3 is 5.97 Å². The molecule has 1 aliphatic rings. The summed E-state index contributed by atoms with van der Waals surface area (Å²) in [5.41, 5.74) is 0.706. The number of benzene rings is 1. The first kappa shape index (κ1) is 20.1. The van der Waals surface area contributed by atoms with Crippen molar-refractivity contribution in [1.82, 2.24) is 15.2 Å². The molecule has 2 aromatic rings. The molecule has 0 saturated heterocycles. The summed E-state index contributed by atoms with van der Waals surface area (Å²) in [6, 6.07) is 3.32. The number of carbonyl (C=O) groups is 2. The lowest BCUT2D eigenvalue weighted by Gasteiger charge is -2.18. The average Bonchev–Trinajstić information content (AvgIpc) is 3.21. The number of methoxy groups -OCH3 is 3. The van der Waals surface area contributed by atoms with Crippen molar-refractivity contribution >= 4 is 17.6 Å². The van der Waals surface area contributed by atoms with Crippen LogP contribution in [0.15, 0.2) is 21.7 Å². The molecule has 11 nitrogen and oxygen atoms in total. The van der Waals surface area contributed by atoms with Gasteiger partial charge in [0.15, 0.2) is 18.1 Å². The molecule has 2 heterocycles. The zero-order valence-corrected chi connectivity index (χ0v) is 16.4. The molecule has 3 rings (SSSR count). The minimum absolute atomic E-state index is 0.0999. The zero-order valence-electron chi connectivity index (χ0n) is 16.4. The first-order chi connectivity index (χ1) is 14.0. The van der Waals surface area contributed by atoms with Crippen LogP contribution in [0.2, 0.25) is 0 Å². The van der Waals surface area contributed by atoms with Crippen molar-refractivity contribution in [3.8, 4) is 28.7 Å². The third-order valence-corrected chi connectivity index (χ3v) is 4.15. The summed E-state index contributed by atoms with van der Waals surface area (Å²) >= 11 is 0. The molecule has 0 N–H and O–H groups in total. The van der Waals surface area contributed by atoms with Crippen molar-refractivity contribution in [2.75, 3.05) is 28.4 Å². The van der Waals surface area contributed by atoms with Gasteiger partial charge in [0.25, 0.3) is 5.89 Å². The van der Waals surface area contributed by atoms with Crippen molar-refractivity contribution in [3.63, 3.8) is 0 Å². The number of ether oxygens (including phenoxy) is 4. The minimum atomic E-state index is -0.642. The van der Waals surface area contributed by atoms with E-state index in [1.54, 1.807) is 12.1 Å². The van der Waals surface area contributed by atoms with Gasteiger partial charge in [-0.2, -0.15) is 5.10 Å². The van der Waals surface area contributed by atoms with Gasteiger partial charge in [-0.25, -0.2) is 9.80 Å². The van der Waals surface area contributed by atoms with Crippen molar-refractivity contribution in [1.29, 1.82) is 0 Å². The lowest BCUT2D eigenvalue weighted by atomic mass is 10.2. The van der Waals surface area contributed by atoms with Crippen LogP contribution >= 0.6 is 0 Å². The average molecular weight is 404 g/mol. The lowest BCUT2D eigenvalue weighted by Crippen LogP contribution is -2.32. The smallest absolute Gasteiger partial charge is 0.355 e. The number of nitrogens with zero attached hydrogens (tertiary/aromatic N) is 4. The fourth-order valence-corrected chi connectivity index (χ4v) is 2.66. The van der Waals surface area contributed by atoms with Crippen LogP contribution in [0.5, 0.6) is 17.2 Å². The summed E-state index contributed by atoms with van der Waals surface area (Å²) in [5, 5.41) is 12.9. The van der Waals surface area contributed by atoms with Gasteiger partial charge in [0.05, 0.1) is 21.3 Å². The van der Waals surface area contributed by atoms with Crippen LogP contribution in [-0.2, 0) is 20.9 Å². The molecule has 11 heteroatoms. The summed E-state index contributed by atoms with van der Waals surface area (Å²) in [7, 11) is 5.98. The van der Waals surface area contributed by atoms with Crippen LogP contribution in [0, 0.1) is 0 Å². The molecule has 29 heavy (non-hydrogen) atoms. The Morgan fingerprint density at radius 1 is 1.10 bits per heavy atom. The summed E-state index contributed by atoms with van der Waals surface area (Å²) in [6.45, 7) is -0.229. The van der Waals surface area contributed by atoms with Gasteiger partial charge in [-0.15, -0.1) is 10.2 Å². The lowest BCUT2D eigenvalue weighted by molar-refractivity contribution is -0.138. The standard InChI is InChI=1S/C18H20N4O7/c1-22-15(23)6-5-11(21-22)18(24)28-9-14-19-20-17(29-14)10-7-12(25-2)16(27-4)13(8-10)26-3/h7-8H,5-6,9H2,1-4H3. The van der Waals surface area contributed by atoms with Crippen molar-refractivity contribution < 1.29 is 33.0 Å². The Labute approximate surface area is 166 Å². The van der Waals surface area contributed by atoms with Gasteiger partial charge in [0, 0.05) is 25.5 Å². The third-order valence-electron chi connectivity index (χ3n) is 4.15. The number of amides is 1. The topological polar surface area (TPSA) is 126 Å². The Kier molecular flexibility index (Phi) is 5.96. The monoisotopic (exact) mass is 404 g/mol. The van der Waals surface area contributed by atoms with Gasteiger partial charge < -0.3 is 23.4 Å². The zero-order chi connectivity index (χ0) is 21.0. The number of esters is 1. The second-order valence-electron chi connectivity index (χ2n) is 5.96. The number of hydrogen-bond acceptors (Lipinski definition) is 10. The molecule has 0 bridgehead atoms. The van der Waals surface area contributed by atoms with Crippen molar-refractivity contribution in [2.24, 2.45) is 5.10 Å². The minimum Gasteiger partial charge on any atom is -0.493 e. The van der Waals surface area contributed by atoms with E-state index in [0.29, 0.717) is 22.8 Å². The van der Waals surface area contributed by atoms with Crippen molar-refractivity contribution in [3.05, 3.63) is 18.0 Å². The number of carbonyl (C=O) groups excluding carboxylic acids is 2. The van der Waals surface area contributed by atoms with E-state index >= 15 is 0 Å². The first-order valence-corrected chi connectivity index (χ1v) is 8.60. The number of hydrazone groups is 1. The van der Waals surface area contributed by atoms with Gasteiger partial charge in [0.2, 0.25) is 17.5 Å². The molecule has 0 spiro atoms. The van der Waals surface area contributed by atoms with E-state index in [1.165, 1.54) is 28.4 Å². The van der Waals surface area contributed by atoms with E-state index in [4.69, 9.17) is 23.4 Å². The maximum Gasteiger partial charge on any atom is 0.355 e. The molecule has 1 amide bonds. The second kappa shape index (κ2) is 8.59. The molecule has 0 radical (unpaired) electrons. The van der Waals surface area contributed by atoms with E-state index in [0.717, 1.165) is 5.01 Å². The van der Waals surface area contributed by atoms with Gasteiger partial charge in [0.1, 0.15) is 5.71 Å². The fraction of sp³-hybridized carbons (Fsp3) is 0.389. The Morgan fingerprint density at radius 2 is 1.79 bits per heavy atom. The predicted molar refractivity (Wildman–Crippen MR) is 98.6 cm³/mol. The van der Waals surface area contributed by atoms with E-state index in [2.05, 4.69) is 15.3 Å². The molecule has 0 atom stereocenters. The van der Waals surface area contributed by atoms with E-state index in [9.17, 15) is 9.59 Å². The van der Waals surface area contributed by atoms with E-state index in [-0.39, 0.29) is 42.8 Å². The maximum atomic E-state index is 12.1. The Bertz CT molecular complexity index is 928. The van der Waals surface area contributed by atoms with Crippen LogP contribution < -0.4 is 14.2 Å². The first-order valence-electron chi connectivity index (χ1n) is 8.60. The molecular formula is C18H20N4O7. The third kappa shape index (κ3) is 4.28. The fourth-order valence-electron chi connectivity index (χ4n) is 2.66. The Hall–Kier alpha value is -3.63. The number of aromatic nitrogens is 2. The predicted octanol–water partition coefficient (Wildman–Crippen LogP) is 1.41. The number of hydrogen-bond donors (Lipinski definition) is 0. The molecule has 0 unspecified atom stereocenters. The molecule has 1 aliphatic heterocycles. The molecule has 0 saturated carbocycles. The SMILES string of the molecule is COc1cc(-c2nnc(COC(=O)C3=NN(C)C(=O)CC3)o2)cc(OC)c1OC. The summed E-state index contributed by atoms with van der Waals surface area (Å²) in [5.74, 6) is 0.789. The number of rotatable bonds is 7. The molecule has 154 valence electrons. The van der Waals surface area contributed by atoms with Gasteiger partial charge in [-0.3, -0.25) is 4.79 Å². The molecule has 0 fully saturated rings. The Morgan fingerprint density at radius 3 is 2.38 bits per heavy atom. The summed E-state index contributed by atoms with van der Waals surface area (Å²) in [4.78, 5) is 23.5. The summed E-state index contributed by atoms with van der Waals surface area (Å²) in [6.07, 6.45) is 0.429. The van der Waals surface area contributed by atoms with Crippen LogP contribution in [0.3, 0.4) is 0 Å². The highest BCUT2D eigenvalue weighted by Crippen LogP contribution is 2.40. The highest BCUT2D eigenvalue weighted by molar-refractivity contribution is 6.37. The Balaban J connectivity index is 1.72. The highest BCUT2D eigenvalue weighted by atomic mass is 16.5. The second-order valence-corrected chi connectivity index (χ2v) is 5.96. The van der Waals surface area contributed by atoms with Crippen LogP contribution in [0.4, 0.5) is 0 Å². The van der Waals surface area contributed by atoms with Crippen molar-refractivity contribution in [2.45, 2.75) is 19.4 Å². The molecular weight excluding hydrogens is 384 g/mol. The highest BCUT2D eigenvalue weighted by Gasteiger charge is 2.24. The van der Waals surface area contributed by atoms with Crippen LogP contribution in [0.25, 0.3) is 11.5 Å². The quantitative estimate of drug-likeness (QED) is 0.630. The maximum absolute atomic E-state index is 12.1. The summed E-state index contributed by atoms with van der Waals surface area (Å²) < 4.78 is 26.6. The van der Waals surface area contributed by atoms with Gasteiger partial charge in [-0.1, -0.05) is 0 Å². The normalized spacial score (nSPS) is 13.7. The largest absolute Gasteiger partial charge is 0.493 e. The van der Waals surface area contributed by atoms with Crippen LogP contribution in [0.1, 0.15) is 18.7 Å². The van der Waals surface area contributed by atoms with E-state index < -0.39 is 5.97 Å². The van der Waals surface area contributed by atoms with E-state index in [1.807, 2.05) is 0 Å².